The maximum absolute atomic E-state index is 13.0. The number of benzene rings is 2. The molecule has 0 saturated heterocycles. The smallest absolute Gasteiger partial charge is 0.343 e. The number of carbonyl (C=O) groups is 1. The van der Waals surface area contributed by atoms with Gasteiger partial charge in [0.15, 0.2) is 0 Å². The molecule has 1 aliphatic rings. The summed E-state index contributed by atoms with van der Waals surface area (Å²) in [6, 6.07) is 11.5. The maximum atomic E-state index is 13.0. The van der Waals surface area contributed by atoms with E-state index in [1.165, 1.54) is 16.4 Å². The highest BCUT2D eigenvalue weighted by Gasteiger charge is 2.29. The van der Waals surface area contributed by atoms with Gasteiger partial charge in [-0.1, -0.05) is 31.4 Å². The van der Waals surface area contributed by atoms with E-state index in [1.807, 2.05) is 19.9 Å². The first kappa shape index (κ1) is 20.6. The van der Waals surface area contributed by atoms with E-state index in [2.05, 4.69) is 0 Å². The molecule has 0 radical (unpaired) electrons. The largest absolute Gasteiger partial charge is 0.423 e. The molecule has 2 aromatic rings. The summed E-state index contributed by atoms with van der Waals surface area (Å²) in [6.07, 6.45) is 5.01. The molecule has 28 heavy (non-hydrogen) atoms. The van der Waals surface area contributed by atoms with Gasteiger partial charge in [-0.15, -0.1) is 0 Å². The molecule has 0 unspecified atom stereocenters. The fraction of sp³-hybridized carbons (Fsp3) is 0.409. The van der Waals surface area contributed by atoms with Crippen LogP contribution in [-0.2, 0) is 10.0 Å². The number of aryl methyl sites for hydroxylation is 2. The van der Waals surface area contributed by atoms with Crippen molar-refractivity contribution in [1.29, 1.82) is 0 Å². The van der Waals surface area contributed by atoms with Crippen LogP contribution in [0.15, 0.2) is 47.4 Å². The van der Waals surface area contributed by atoms with Crippen molar-refractivity contribution in [3.05, 3.63) is 59.2 Å². The van der Waals surface area contributed by atoms with Gasteiger partial charge in [-0.3, -0.25) is 0 Å². The Kier molecular flexibility index (Phi) is 6.20. The number of sulfonamides is 1. The lowest BCUT2D eigenvalue weighted by Crippen LogP contribution is -2.38. The van der Waals surface area contributed by atoms with Crippen molar-refractivity contribution in [2.24, 2.45) is 0 Å². The molecule has 0 bridgehead atoms. The lowest BCUT2D eigenvalue weighted by Gasteiger charge is -2.30. The zero-order chi connectivity index (χ0) is 20.3. The third-order valence-corrected chi connectivity index (χ3v) is 7.43. The van der Waals surface area contributed by atoms with Crippen LogP contribution >= 0.6 is 0 Å². The van der Waals surface area contributed by atoms with Crippen LogP contribution in [0.5, 0.6) is 5.75 Å². The fourth-order valence-electron chi connectivity index (χ4n) is 3.53. The first-order valence-electron chi connectivity index (χ1n) is 9.66. The predicted octanol–water partition coefficient (Wildman–Crippen LogP) is 4.48. The van der Waals surface area contributed by atoms with E-state index in [4.69, 9.17) is 4.74 Å². The number of carbonyl (C=O) groups excluding carboxylic acids is 1. The average Bonchev–Trinajstić information content (AvgIpc) is 2.71. The monoisotopic (exact) mass is 401 g/mol. The van der Waals surface area contributed by atoms with Crippen molar-refractivity contribution in [1.82, 2.24) is 4.31 Å². The highest BCUT2D eigenvalue weighted by atomic mass is 32.2. The van der Waals surface area contributed by atoms with E-state index in [0.717, 1.165) is 43.2 Å². The summed E-state index contributed by atoms with van der Waals surface area (Å²) >= 11 is 0. The van der Waals surface area contributed by atoms with E-state index in [-0.39, 0.29) is 16.5 Å². The minimum absolute atomic E-state index is 0.0184. The Morgan fingerprint density at radius 3 is 2.39 bits per heavy atom. The molecule has 1 fully saturated rings. The van der Waals surface area contributed by atoms with Gasteiger partial charge in [0.25, 0.3) is 0 Å². The van der Waals surface area contributed by atoms with E-state index in [0.29, 0.717) is 5.75 Å². The van der Waals surface area contributed by atoms with Gasteiger partial charge >= 0.3 is 5.97 Å². The van der Waals surface area contributed by atoms with Crippen LogP contribution in [0.25, 0.3) is 0 Å². The molecule has 0 spiro atoms. The van der Waals surface area contributed by atoms with E-state index in [1.54, 1.807) is 31.3 Å². The van der Waals surface area contributed by atoms with Crippen molar-refractivity contribution in [3.8, 4) is 5.75 Å². The topological polar surface area (TPSA) is 63.7 Å². The van der Waals surface area contributed by atoms with Crippen LogP contribution in [-0.4, -0.2) is 31.8 Å². The molecule has 150 valence electrons. The highest BCUT2D eigenvalue weighted by molar-refractivity contribution is 7.89. The normalized spacial score (nSPS) is 15.6. The third-order valence-electron chi connectivity index (χ3n) is 5.52. The Morgan fingerprint density at radius 2 is 1.71 bits per heavy atom. The van der Waals surface area contributed by atoms with Crippen molar-refractivity contribution < 1.29 is 17.9 Å². The first-order valence-corrected chi connectivity index (χ1v) is 11.1. The molecule has 0 atom stereocenters. The SMILES string of the molecule is Cc1ccc(OC(=O)c2cccc(S(=O)(=O)N(C)C3CCCCC3)c2)cc1C. The second kappa shape index (κ2) is 8.45. The Hall–Kier alpha value is -2.18. The van der Waals surface area contributed by atoms with Crippen LogP contribution in [0.2, 0.25) is 0 Å². The van der Waals surface area contributed by atoms with Gasteiger partial charge in [-0.05, 0) is 68.1 Å². The van der Waals surface area contributed by atoms with Crippen molar-refractivity contribution >= 4 is 16.0 Å². The molecule has 0 aliphatic heterocycles. The minimum atomic E-state index is -3.65. The van der Waals surface area contributed by atoms with Crippen LogP contribution in [0.4, 0.5) is 0 Å². The van der Waals surface area contributed by atoms with Gasteiger partial charge in [-0.25, -0.2) is 13.2 Å². The third kappa shape index (κ3) is 4.45. The molecule has 1 aliphatic carbocycles. The highest BCUT2D eigenvalue weighted by Crippen LogP contribution is 2.27. The van der Waals surface area contributed by atoms with Crippen LogP contribution < -0.4 is 4.74 Å². The minimum Gasteiger partial charge on any atom is -0.423 e. The van der Waals surface area contributed by atoms with Crippen LogP contribution in [0, 0.1) is 13.8 Å². The first-order chi connectivity index (χ1) is 13.3. The molecule has 1 saturated carbocycles. The number of rotatable bonds is 5. The fourth-order valence-corrected chi connectivity index (χ4v) is 5.00. The molecule has 6 heteroatoms. The lowest BCUT2D eigenvalue weighted by molar-refractivity contribution is 0.0734. The van der Waals surface area contributed by atoms with E-state index >= 15 is 0 Å². The second-order valence-electron chi connectivity index (χ2n) is 7.48. The summed E-state index contributed by atoms with van der Waals surface area (Å²) in [5, 5.41) is 0. The van der Waals surface area contributed by atoms with Gasteiger partial charge in [0, 0.05) is 13.1 Å². The summed E-state index contributed by atoms with van der Waals surface area (Å²) in [4.78, 5) is 12.7. The summed E-state index contributed by atoms with van der Waals surface area (Å²) < 4.78 is 32.9. The molecule has 0 heterocycles. The summed E-state index contributed by atoms with van der Waals surface area (Å²) in [5.74, 6) is -0.124. The van der Waals surface area contributed by atoms with Gasteiger partial charge in [-0.2, -0.15) is 4.31 Å². The number of nitrogens with zero attached hydrogens (tertiary/aromatic N) is 1. The summed E-state index contributed by atoms with van der Waals surface area (Å²) in [6.45, 7) is 3.93. The summed E-state index contributed by atoms with van der Waals surface area (Å²) in [5.41, 5.74) is 2.35. The lowest BCUT2D eigenvalue weighted by atomic mass is 9.96. The molecule has 2 aromatic carbocycles. The number of hydrogen-bond acceptors (Lipinski definition) is 4. The van der Waals surface area contributed by atoms with Gasteiger partial charge in [0.2, 0.25) is 10.0 Å². The zero-order valence-corrected chi connectivity index (χ0v) is 17.5. The molecular formula is C22H27NO4S. The van der Waals surface area contributed by atoms with E-state index < -0.39 is 16.0 Å². The Balaban J connectivity index is 1.80. The molecular weight excluding hydrogens is 374 g/mol. The van der Waals surface area contributed by atoms with Crippen molar-refractivity contribution in [2.75, 3.05) is 7.05 Å². The average molecular weight is 402 g/mol. The Labute approximate surface area is 167 Å². The quantitative estimate of drug-likeness (QED) is 0.547. The standard InChI is InChI=1S/C22H27NO4S/c1-16-12-13-20(14-17(16)2)27-22(24)18-8-7-11-21(15-18)28(25,26)23(3)19-9-5-4-6-10-19/h7-8,11-15,19H,4-6,9-10H2,1-3H3. The van der Waals surface area contributed by atoms with Gasteiger partial charge in [0.1, 0.15) is 5.75 Å². The van der Waals surface area contributed by atoms with Gasteiger partial charge in [0.05, 0.1) is 10.5 Å². The number of hydrogen-bond donors (Lipinski definition) is 0. The number of esters is 1. The molecule has 0 N–H and O–H groups in total. The predicted molar refractivity (Wildman–Crippen MR) is 109 cm³/mol. The second-order valence-corrected chi connectivity index (χ2v) is 9.47. The van der Waals surface area contributed by atoms with Gasteiger partial charge < -0.3 is 4.74 Å². The Morgan fingerprint density at radius 1 is 1.00 bits per heavy atom. The number of ether oxygens (including phenoxy) is 1. The van der Waals surface area contributed by atoms with E-state index in [9.17, 15) is 13.2 Å². The van der Waals surface area contributed by atoms with Crippen molar-refractivity contribution in [2.45, 2.75) is 56.9 Å². The van der Waals surface area contributed by atoms with Crippen LogP contribution in [0.1, 0.15) is 53.6 Å². The van der Waals surface area contributed by atoms with Crippen LogP contribution in [0.3, 0.4) is 0 Å². The van der Waals surface area contributed by atoms with Crippen molar-refractivity contribution in [3.63, 3.8) is 0 Å². The summed E-state index contributed by atoms with van der Waals surface area (Å²) in [7, 11) is -2.02. The maximum Gasteiger partial charge on any atom is 0.343 e. The molecule has 3 rings (SSSR count). The zero-order valence-electron chi connectivity index (χ0n) is 16.6. The molecule has 0 amide bonds. The molecule has 5 nitrogen and oxygen atoms in total. The Bertz CT molecular complexity index is 962. The molecule has 0 aromatic heterocycles.